The van der Waals surface area contributed by atoms with Crippen LogP contribution < -0.4 is 5.73 Å². The van der Waals surface area contributed by atoms with E-state index in [2.05, 4.69) is 5.16 Å². The van der Waals surface area contributed by atoms with Crippen LogP contribution in [-0.2, 0) is 9.63 Å². The van der Waals surface area contributed by atoms with Crippen LogP contribution in [0.2, 0.25) is 5.02 Å². The first-order valence-electron chi connectivity index (χ1n) is 5.02. The first-order valence-corrected chi connectivity index (χ1v) is 5.40. The maximum Gasteiger partial charge on any atom is 0.352 e. The Morgan fingerprint density at radius 2 is 2.18 bits per heavy atom. The molecule has 1 unspecified atom stereocenters. The minimum atomic E-state index is -1.44. The van der Waals surface area contributed by atoms with Gasteiger partial charge in [-0.25, -0.2) is 4.79 Å². The first kappa shape index (κ1) is 11.9. The fourth-order valence-electron chi connectivity index (χ4n) is 1.59. The molecular formula is C11H11ClN2O3. The number of aliphatic carboxylic acids is 1. The van der Waals surface area contributed by atoms with E-state index in [0.717, 1.165) is 5.56 Å². The number of nitrogens with zero attached hydrogens (tertiary/aromatic N) is 1. The van der Waals surface area contributed by atoms with E-state index in [1.54, 1.807) is 24.3 Å². The van der Waals surface area contributed by atoms with E-state index in [1.165, 1.54) is 0 Å². The second-order valence-corrected chi connectivity index (χ2v) is 4.25. The number of rotatable bonds is 3. The SMILES string of the molecule is NCC1(C(=O)O)CC(c2ccc(Cl)cc2)=NO1. The molecule has 3 N–H and O–H groups in total. The second-order valence-electron chi connectivity index (χ2n) is 3.82. The maximum absolute atomic E-state index is 11.1. The van der Waals surface area contributed by atoms with Crippen molar-refractivity contribution >= 4 is 23.3 Å². The summed E-state index contributed by atoms with van der Waals surface area (Å²) in [7, 11) is 0. The third kappa shape index (κ3) is 2.11. The van der Waals surface area contributed by atoms with Crippen LogP contribution in [0.25, 0.3) is 0 Å². The molecule has 1 aliphatic heterocycles. The molecule has 0 amide bonds. The lowest BCUT2D eigenvalue weighted by Crippen LogP contribution is -2.45. The summed E-state index contributed by atoms with van der Waals surface area (Å²) in [5.74, 6) is -1.10. The molecule has 0 spiro atoms. The molecule has 0 radical (unpaired) electrons. The van der Waals surface area contributed by atoms with Crippen LogP contribution in [0.1, 0.15) is 12.0 Å². The number of oxime groups is 1. The molecule has 2 rings (SSSR count). The molecule has 90 valence electrons. The lowest BCUT2D eigenvalue weighted by atomic mass is 9.94. The number of nitrogens with two attached hydrogens (primary N) is 1. The Labute approximate surface area is 103 Å². The summed E-state index contributed by atoms with van der Waals surface area (Å²) in [5, 5.41) is 13.5. The van der Waals surface area contributed by atoms with Gasteiger partial charge in [0.2, 0.25) is 0 Å². The maximum atomic E-state index is 11.1. The van der Waals surface area contributed by atoms with Crippen molar-refractivity contribution in [3.63, 3.8) is 0 Å². The largest absolute Gasteiger partial charge is 0.478 e. The zero-order valence-electron chi connectivity index (χ0n) is 8.89. The molecule has 6 heteroatoms. The number of carboxylic acid groups (broad SMARTS) is 1. The van der Waals surface area contributed by atoms with Crippen molar-refractivity contribution < 1.29 is 14.7 Å². The molecule has 1 aromatic rings. The van der Waals surface area contributed by atoms with Crippen LogP contribution in [0.3, 0.4) is 0 Å². The van der Waals surface area contributed by atoms with Gasteiger partial charge in [-0.2, -0.15) is 0 Å². The minimum Gasteiger partial charge on any atom is -0.478 e. The quantitative estimate of drug-likeness (QED) is 0.850. The zero-order chi connectivity index (χ0) is 12.5. The van der Waals surface area contributed by atoms with Crippen LogP contribution in [0.5, 0.6) is 0 Å². The zero-order valence-corrected chi connectivity index (χ0v) is 9.65. The van der Waals surface area contributed by atoms with E-state index in [1.807, 2.05) is 0 Å². The highest BCUT2D eigenvalue weighted by Crippen LogP contribution is 2.26. The summed E-state index contributed by atoms with van der Waals surface area (Å²) in [6.07, 6.45) is 0.153. The highest BCUT2D eigenvalue weighted by atomic mass is 35.5. The number of benzene rings is 1. The molecule has 1 aliphatic rings. The van der Waals surface area contributed by atoms with Crippen LogP contribution in [0, 0.1) is 0 Å². The predicted octanol–water partition coefficient (Wildman–Crippen LogP) is 1.25. The lowest BCUT2D eigenvalue weighted by molar-refractivity contribution is -0.161. The number of hydrogen-bond donors (Lipinski definition) is 2. The molecule has 17 heavy (non-hydrogen) atoms. The minimum absolute atomic E-state index is 0.122. The molecule has 0 saturated heterocycles. The lowest BCUT2D eigenvalue weighted by Gasteiger charge is -2.18. The molecule has 5 nitrogen and oxygen atoms in total. The van der Waals surface area contributed by atoms with Gasteiger partial charge in [0, 0.05) is 18.0 Å². The average Bonchev–Trinajstić information content (AvgIpc) is 2.75. The summed E-state index contributed by atoms with van der Waals surface area (Å²) in [4.78, 5) is 16.1. The fraction of sp³-hybridized carbons (Fsp3) is 0.273. The van der Waals surface area contributed by atoms with E-state index < -0.39 is 11.6 Å². The highest BCUT2D eigenvalue weighted by molar-refractivity contribution is 6.30. The Hall–Kier alpha value is -1.59. The van der Waals surface area contributed by atoms with Crippen molar-refractivity contribution in [2.45, 2.75) is 12.0 Å². The van der Waals surface area contributed by atoms with Crippen LogP contribution >= 0.6 is 11.6 Å². The molecule has 1 atom stereocenters. The van der Waals surface area contributed by atoms with E-state index in [0.29, 0.717) is 10.7 Å². The van der Waals surface area contributed by atoms with Gasteiger partial charge in [0.15, 0.2) is 0 Å². The summed E-state index contributed by atoms with van der Waals surface area (Å²) in [6.45, 7) is -0.122. The van der Waals surface area contributed by atoms with E-state index in [-0.39, 0.29) is 13.0 Å². The van der Waals surface area contributed by atoms with Gasteiger partial charge in [-0.1, -0.05) is 28.9 Å². The number of halogens is 1. The van der Waals surface area contributed by atoms with E-state index in [4.69, 9.17) is 27.3 Å². The molecule has 1 heterocycles. The van der Waals surface area contributed by atoms with Gasteiger partial charge in [0.05, 0.1) is 5.71 Å². The van der Waals surface area contributed by atoms with E-state index in [9.17, 15) is 4.79 Å². The van der Waals surface area contributed by atoms with Crippen LogP contribution in [0.4, 0.5) is 0 Å². The van der Waals surface area contributed by atoms with Crippen molar-refractivity contribution in [1.29, 1.82) is 0 Å². The Kier molecular flexibility index (Phi) is 3.04. The van der Waals surface area contributed by atoms with Crippen molar-refractivity contribution in [2.75, 3.05) is 6.54 Å². The van der Waals surface area contributed by atoms with Crippen molar-refractivity contribution in [1.82, 2.24) is 0 Å². The molecular weight excluding hydrogens is 244 g/mol. The van der Waals surface area contributed by atoms with E-state index >= 15 is 0 Å². The fourth-order valence-corrected chi connectivity index (χ4v) is 1.71. The molecule has 0 aliphatic carbocycles. The van der Waals surface area contributed by atoms with Crippen LogP contribution in [0.15, 0.2) is 29.4 Å². The van der Waals surface area contributed by atoms with Crippen LogP contribution in [-0.4, -0.2) is 28.9 Å². The van der Waals surface area contributed by atoms with Crippen molar-refractivity contribution in [3.05, 3.63) is 34.9 Å². The van der Waals surface area contributed by atoms with Crippen molar-refractivity contribution in [2.24, 2.45) is 10.9 Å². The monoisotopic (exact) mass is 254 g/mol. The van der Waals surface area contributed by atoms with Gasteiger partial charge in [0.25, 0.3) is 5.60 Å². The summed E-state index contributed by atoms with van der Waals surface area (Å²) >= 11 is 5.77. The van der Waals surface area contributed by atoms with Gasteiger partial charge in [0.1, 0.15) is 0 Å². The molecule has 0 aromatic heterocycles. The smallest absolute Gasteiger partial charge is 0.352 e. The van der Waals surface area contributed by atoms with Gasteiger partial charge in [-0.15, -0.1) is 0 Å². The topological polar surface area (TPSA) is 84.9 Å². The van der Waals surface area contributed by atoms with Crippen molar-refractivity contribution in [3.8, 4) is 0 Å². The third-order valence-corrected chi connectivity index (χ3v) is 2.93. The Morgan fingerprint density at radius 1 is 1.53 bits per heavy atom. The Morgan fingerprint density at radius 3 is 2.65 bits per heavy atom. The summed E-state index contributed by atoms with van der Waals surface area (Å²) in [5.41, 5.74) is 5.35. The van der Waals surface area contributed by atoms with Gasteiger partial charge in [-0.05, 0) is 17.7 Å². The summed E-state index contributed by atoms with van der Waals surface area (Å²) in [6, 6.07) is 6.95. The van der Waals surface area contributed by atoms with Gasteiger partial charge < -0.3 is 15.7 Å². The molecule has 0 fully saturated rings. The summed E-state index contributed by atoms with van der Waals surface area (Å²) < 4.78 is 0. The molecule has 1 aromatic carbocycles. The average molecular weight is 255 g/mol. The predicted molar refractivity (Wildman–Crippen MR) is 63.1 cm³/mol. The number of carbonyl (C=O) groups is 1. The second kappa shape index (κ2) is 4.35. The number of hydrogen-bond acceptors (Lipinski definition) is 4. The Bertz CT molecular complexity index is 472. The first-order chi connectivity index (χ1) is 8.07. The highest BCUT2D eigenvalue weighted by Gasteiger charge is 2.45. The van der Waals surface area contributed by atoms with Gasteiger partial charge in [-0.3, -0.25) is 0 Å². The standard InChI is InChI=1S/C11H11ClN2O3/c12-8-3-1-7(2-4-8)9-5-11(6-13,10(15)16)17-14-9/h1-4H,5-6,13H2,(H,15,16). The molecule has 0 saturated carbocycles. The Balaban J connectivity index is 2.22. The normalized spacial score (nSPS) is 23.1. The number of carboxylic acids is 1. The third-order valence-electron chi connectivity index (χ3n) is 2.68. The molecule has 0 bridgehead atoms. The van der Waals surface area contributed by atoms with Gasteiger partial charge >= 0.3 is 5.97 Å².